The van der Waals surface area contributed by atoms with E-state index in [4.69, 9.17) is 21.3 Å². The van der Waals surface area contributed by atoms with Crippen molar-refractivity contribution in [3.05, 3.63) is 64.3 Å². The van der Waals surface area contributed by atoms with Gasteiger partial charge in [0.1, 0.15) is 0 Å². The largest absolute Gasteiger partial charge is 0.449 e. The lowest BCUT2D eigenvalue weighted by Gasteiger charge is -2.34. The highest BCUT2D eigenvalue weighted by Crippen LogP contribution is 2.37. The molecule has 0 bridgehead atoms. The van der Waals surface area contributed by atoms with Crippen molar-refractivity contribution in [2.45, 2.75) is 38.5 Å². The molecule has 0 saturated carbocycles. The molecule has 1 atom stereocenters. The van der Waals surface area contributed by atoms with Gasteiger partial charge in [-0.25, -0.2) is 4.79 Å². The van der Waals surface area contributed by atoms with Crippen molar-refractivity contribution < 1.29 is 14.3 Å². The second kappa shape index (κ2) is 10.2. The summed E-state index contributed by atoms with van der Waals surface area (Å²) >= 11 is 6.80. The van der Waals surface area contributed by atoms with Gasteiger partial charge in [0.25, 0.3) is 5.91 Å². The van der Waals surface area contributed by atoms with E-state index in [0.29, 0.717) is 38.3 Å². The molecule has 2 aromatic heterocycles. The van der Waals surface area contributed by atoms with Crippen molar-refractivity contribution >= 4 is 34.5 Å². The zero-order valence-corrected chi connectivity index (χ0v) is 20.5. The molecule has 2 aliphatic rings. The molecule has 0 N–H and O–H groups in total. The third-order valence-corrected chi connectivity index (χ3v) is 7.22. The fourth-order valence-corrected chi connectivity index (χ4v) is 5.21. The van der Waals surface area contributed by atoms with E-state index in [2.05, 4.69) is 9.97 Å². The number of fused-ring (bicyclic) bond motifs is 2. The minimum absolute atomic E-state index is 0.0680. The van der Waals surface area contributed by atoms with Gasteiger partial charge in [-0.3, -0.25) is 19.7 Å². The molecule has 1 aliphatic carbocycles. The number of hydrogen-bond donors (Lipinski definition) is 0. The van der Waals surface area contributed by atoms with E-state index in [1.54, 1.807) is 22.2 Å². The average molecular weight is 494 g/mol. The molecule has 9 heteroatoms. The molecule has 1 saturated heterocycles. The summed E-state index contributed by atoms with van der Waals surface area (Å²) in [7, 11) is 0. The summed E-state index contributed by atoms with van der Waals surface area (Å²) in [5.41, 5.74) is 4.32. The quantitative estimate of drug-likeness (QED) is 0.539. The number of carbonyl (C=O) groups excluding carboxylic acids is 2. The standard InChI is InChI=1S/C26H28ClN5O3/c1-2-13-35-26(34)32-11-9-31(10-12-32)25(33)18-4-6-20-22(15-18)30-21-14-17(3-5-19(21)24(20)27)23-16-28-7-8-29-23/h4,6-8,15-17H,2-3,5,9-14H2,1H3. The number of pyridine rings is 1. The highest BCUT2D eigenvalue weighted by molar-refractivity contribution is 6.36. The highest BCUT2D eigenvalue weighted by Gasteiger charge is 2.28. The van der Waals surface area contributed by atoms with Crippen molar-refractivity contribution in [1.29, 1.82) is 0 Å². The van der Waals surface area contributed by atoms with Crippen LogP contribution in [0, 0.1) is 0 Å². The Kier molecular flexibility index (Phi) is 6.81. The molecule has 8 nitrogen and oxygen atoms in total. The van der Waals surface area contributed by atoms with Crippen molar-refractivity contribution in [3.63, 3.8) is 0 Å². The van der Waals surface area contributed by atoms with Crippen molar-refractivity contribution in [1.82, 2.24) is 24.8 Å². The highest BCUT2D eigenvalue weighted by atomic mass is 35.5. The van der Waals surface area contributed by atoms with Gasteiger partial charge in [0.2, 0.25) is 0 Å². The van der Waals surface area contributed by atoms with Crippen LogP contribution in [-0.4, -0.2) is 69.5 Å². The Morgan fingerprint density at radius 2 is 1.94 bits per heavy atom. The van der Waals surface area contributed by atoms with Crippen LogP contribution in [0.15, 0.2) is 36.8 Å². The van der Waals surface area contributed by atoms with Crippen LogP contribution in [0.3, 0.4) is 0 Å². The first kappa shape index (κ1) is 23.5. The first-order valence-corrected chi connectivity index (χ1v) is 12.5. The summed E-state index contributed by atoms with van der Waals surface area (Å²) in [6.45, 7) is 4.23. The number of nitrogens with zero attached hydrogens (tertiary/aromatic N) is 5. The predicted octanol–water partition coefficient (Wildman–Crippen LogP) is 4.26. The van der Waals surface area contributed by atoms with Gasteiger partial charge in [-0.15, -0.1) is 0 Å². The number of halogens is 1. The van der Waals surface area contributed by atoms with E-state index in [-0.39, 0.29) is 17.9 Å². The second-order valence-corrected chi connectivity index (χ2v) is 9.42. The molecule has 182 valence electrons. The topological polar surface area (TPSA) is 88.5 Å². The van der Waals surface area contributed by atoms with E-state index >= 15 is 0 Å². The Labute approximate surface area is 209 Å². The minimum atomic E-state index is -0.312. The molecule has 3 heterocycles. The van der Waals surface area contributed by atoms with Gasteiger partial charge in [-0.1, -0.05) is 24.6 Å². The Bertz CT molecular complexity index is 1240. The Morgan fingerprint density at radius 1 is 1.14 bits per heavy atom. The van der Waals surface area contributed by atoms with Crippen LogP contribution in [0.4, 0.5) is 4.79 Å². The van der Waals surface area contributed by atoms with Crippen LogP contribution in [0.5, 0.6) is 0 Å². The van der Waals surface area contributed by atoms with Crippen LogP contribution >= 0.6 is 11.6 Å². The molecule has 3 aromatic rings. The summed E-state index contributed by atoms with van der Waals surface area (Å²) in [6.07, 6.45) is 8.23. The molecule has 1 aliphatic heterocycles. The first-order valence-electron chi connectivity index (χ1n) is 12.1. The summed E-state index contributed by atoms with van der Waals surface area (Å²) in [5, 5.41) is 1.59. The predicted molar refractivity (Wildman–Crippen MR) is 133 cm³/mol. The molecule has 5 rings (SSSR count). The van der Waals surface area contributed by atoms with Crippen LogP contribution in [0.25, 0.3) is 10.9 Å². The molecule has 0 radical (unpaired) electrons. The van der Waals surface area contributed by atoms with Gasteiger partial charge in [-0.2, -0.15) is 0 Å². The summed E-state index contributed by atoms with van der Waals surface area (Å²) in [4.78, 5) is 42.3. The number of rotatable bonds is 4. The van der Waals surface area contributed by atoms with E-state index in [1.807, 2.05) is 31.3 Å². The number of ether oxygens (including phenoxy) is 1. The number of hydrogen-bond acceptors (Lipinski definition) is 6. The molecule has 35 heavy (non-hydrogen) atoms. The van der Waals surface area contributed by atoms with E-state index in [9.17, 15) is 9.59 Å². The molecule has 1 aromatic carbocycles. The van der Waals surface area contributed by atoms with Gasteiger partial charge in [0.15, 0.2) is 0 Å². The minimum Gasteiger partial charge on any atom is -0.449 e. The number of benzene rings is 1. The first-order chi connectivity index (χ1) is 17.0. The molecule has 1 fully saturated rings. The van der Waals surface area contributed by atoms with E-state index in [0.717, 1.165) is 58.6 Å². The smallest absolute Gasteiger partial charge is 0.409 e. The van der Waals surface area contributed by atoms with Crippen molar-refractivity contribution in [3.8, 4) is 0 Å². The lowest BCUT2D eigenvalue weighted by molar-refractivity contribution is 0.0560. The number of piperazine rings is 1. The molecular weight excluding hydrogens is 466 g/mol. The fraction of sp³-hybridized carbons (Fsp3) is 0.423. The zero-order valence-electron chi connectivity index (χ0n) is 19.7. The van der Waals surface area contributed by atoms with Gasteiger partial charge < -0.3 is 14.5 Å². The van der Waals surface area contributed by atoms with Crippen LogP contribution < -0.4 is 0 Å². The lowest BCUT2D eigenvalue weighted by Crippen LogP contribution is -2.50. The van der Waals surface area contributed by atoms with Gasteiger partial charge in [-0.05, 0) is 43.4 Å². The number of amides is 2. The molecule has 1 unspecified atom stereocenters. The van der Waals surface area contributed by atoms with Crippen molar-refractivity contribution in [2.75, 3.05) is 32.8 Å². The van der Waals surface area contributed by atoms with E-state index in [1.165, 1.54) is 0 Å². The Morgan fingerprint density at radius 3 is 2.69 bits per heavy atom. The lowest BCUT2D eigenvalue weighted by atomic mass is 9.84. The summed E-state index contributed by atoms with van der Waals surface area (Å²) < 4.78 is 5.21. The molecule has 2 amide bonds. The maximum atomic E-state index is 13.2. The third kappa shape index (κ3) is 4.80. The third-order valence-electron chi connectivity index (χ3n) is 6.79. The number of aromatic nitrogens is 3. The van der Waals surface area contributed by atoms with Crippen LogP contribution in [0.1, 0.15) is 53.0 Å². The average Bonchev–Trinajstić information content (AvgIpc) is 2.91. The molecular formula is C26H28ClN5O3. The van der Waals surface area contributed by atoms with Gasteiger partial charge in [0.05, 0.1) is 22.8 Å². The Hall–Kier alpha value is -3.26. The number of carbonyl (C=O) groups is 2. The van der Waals surface area contributed by atoms with Crippen LogP contribution in [0.2, 0.25) is 5.02 Å². The maximum absolute atomic E-state index is 13.2. The van der Waals surface area contributed by atoms with Crippen LogP contribution in [-0.2, 0) is 17.6 Å². The Balaban J connectivity index is 1.33. The monoisotopic (exact) mass is 493 g/mol. The van der Waals surface area contributed by atoms with E-state index < -0.39 is 0 Å². The van der Waals surface area contributed by atoms with Crippen molar-refractivity contribution in [2.24, 2.45) is 0 Å². The fourth-order valence-electron chi connectivity index (χ4n) is 4.85. The SMILES string of the molecule is CCCOC(=O)N1CCN(C(=O)c2ccc3c(Cl)c4c(nc3c2)CC(c2cnccn2)CC4)CC1. The molecule has 0 spiro atoms. The van der Waals surface area contributed by atoms with Gasteiger partial charge in [0, 0.05) is 67.3 Å². The zero-order chi connectivity index (χ0) is 24.4. The van der Waals surface area contributed by atoms with Gasteiger partial charge >= 0.3 is 6.09 Å². The maximum Gasteiger partial charge on any atom is 0.409 e. The summed E-state index contributed by atoms with van der Waals surface area (Å²) in [5.74, 6) is 0.184. The summed E-state index contributed by atoms with van der Waals surface area (Å²) in [6, 6.07) is 5.54. The normalized spacial score (nSPS) is 17.8. The second-order valence-electron chi connectivity index (χ2n) is 9.05.